The fourth-order valence-corrected chi connectivity index (χ4v) is 9.31. The van der Waals surface area contributed by atoms with Crippen LogP contribution in [0.15, 0.2) is 140 Å². The average molecular weight is 713 g/mol. The van der Waals surface area contributed by atoms with Gasteiger partial charge in [-0.25, -0.2) is 4.98 Å². The standard InChI is InChI=1S/C45H28N8S/c1-2-6-33-30(5-1)31(23-48-33)40-38(26-13-14-32-25(19-26)16-18-46-32)39(27-10-9-24-15-17-47-35(24)20-27)41-43(28-11-12-29-22-49-51-36(29)21-28)52-53-44(41)42(40)45-50-34-7-3-4-8-37(34)54-45/h1-23,46-48H,(H,49,51)(H,52,53). The summed E-state index contributed by atoms with van der Waals surface area (Å²) in [6, 6.07) is 41.0. The summed E-state index contributed by atoms with van der Waals surface area (Å²) in [6.07, 6.45) is 8.01. The number of H-pyrrole nitrogens is 5. The molecule has 9 heteroatoms. The van der Waals surface area contributed by atoms with Crippen molar-refractivity contribution >= 4 is 76.1 Å². The lowest BCUT2D eigenvalue weighted by Gasteiger charge is -2.22. The van der Waals surface area contributed by atoms with Gasteiger partial charge in [-0.3, -0.25) is 10.2 Å². The summed E-state index contributed by atoms with van der Waals surface area (Å²) < 4.78 is 1.13. The van der Waals surface area contributed by atoms with Crippen molar-refractivity contribution in [2.45, 2.75) is 0 Å². The molecular formula is C45H28N8S. The summed E-state index contributed by atoms with van der Waals surface area (Å²) >= 11 is 1.71. The molecule has 0 amide bonds. The van der Waals surface area contributed by atoms with E-state index in [0.29, 0.717) is 0 Å². The summed E-state index contributed by atoms with van der Waals surface area (Å²) in [4.78, 5) is 15.8. The average Bonchev–Trinajstić information content (AvgIpc) is 4.07. The van der Waals surface area contributed by atoms with Crippen molar-refractivity contribution in [3.05, 3.63) is 140 Å². The third-order valence-electron chi connectivity index (χ3n) is 10.8. The zero-order chi connectivity index (χ0) is 35.3. The van der Waals surface area contributed by atoms with Gasteiger partial charge >= 0.3 is 0 Å². The second-order valence-corrected chi connectivity index (χ2v) is 14.8. The smallest absolute Gasteiger partial charge is 0.127 e. The Balaban J connectivity index is 1.33. The van der Waals surface area contributed by atoms with Crippen LogP contribution in [0.3, 0.4) is 0 Å². The van der Waals surface area contributed by atoms with E-state index in [9.17, 15) is 0 Å². The van der Waals surface area contributed by atoms with E-state index in [1.54, 1.807) is 11.3 Å². The Labute approximate surface area is 310 Å². The third kappa shape index (κ3) is 4.27. The highest BCUT2D eigenvalue weighted by Gasteiger charge is 2.30. The van der Waals surface area contributed by atoms with Crippen molar-refractivity contribution in [1.82, 2.24) is 40.3 Å². The lowest BCUT2D eigenvalue weighted by Crippen LogP contribution is -1.97. The highest BCUT2D eigenvalue weighted by Crippen LogP contribution is 2.54. The second kappa shape index (κ2) is 11.1. The van der Waals surface area contributed by atoms with Crippen molar-refractivity contribution in [3.8, 4) is 55.2 Å². The number of fused-ring (bicyclic) bond motifs is 6. The summed E-state index contributed by atoms with van der Waals surface area (Å²) in [7, 11) is 0. The first-order chi connectivity index (χ1) is 26.7. The van der Waals surface area contributed by atoms with E-state index in [0.717, 1.165) is 120 Å². The van der Waals surface area contributed by atoms with Crippen molar-refractivity contribution in [2.75, 3.05) is 0 Å². The minimum atomic E-state index is 0.861. The molecular weight excluding hydrogens is 685 g/mol. The van der Waals surface area contributed by atoms with Gasteiger partial charge < -0.3 is 15.0 Å². The number of benzene rings is 6. The Hall–Kier alpha value is -7.23. The highest BCUT2D eigenvalue weighted by atomic mass is 32.1. The molecule has 0 atom stereocenters. The molecule has 6 heterocycles. The topological polar surface area (TPSA) is 118 Å². The first-order valence-corrected chi connectivity index (χ1v) is 18.7. The van der Waals surface area contributed by atoms with Gasteiger partial charge in [0, 0.05) is 79.1 Å². The van der Waals surface area contributed by atoms with Crippen LogP contribution in [-0.4, -0.2) is 40.3 Å². The van der Waals surface area contributed by atoms with Crippen molar-refractivity contribution in [2.24, 2.45) is 0 Å². The second-order valence-electron chi connectivity index (χ2n) is 13.8. The number of para-hydroxylation sites is 2. The molecule has 5 N–H and O–H groups in total. The molecule has 8 nitrogen and oxygen atoms in total. The van der Waals surface area contributed by atoms with Gasteiger partial charge in [-0.1, -0.05) is 60.7 Å². The molecule has 0 spiro atoms. The maximum atomic E-state index is 5.35. The lowest BCUT2D eigenvalue weighted by atomic mass is 9.81. The maximum Gasteiger partial charge on any atom is 0.127 e. The number of aromatic amines is 5. The van der Waals surface area contributed by atoms with Crippen molar-refractivity contribution in [3.63, 3.8) is 0 Å². The van der Waals surface area contributed by atoms with Crippen LogP contribution in [-0.2, 0) is 0 Å². The summed E-state index contributed by atoms with van der Waals surface area (Å²) in [5.41, 5.74) is 15.5. The molecule has 0 aliphatic carbocycles. The Kier molecular flexibility index (Phi) is 6.05. The summed E-state index contributed by atoms with van der Waals surface area (Å²) in [5.74, 6) is 0. The number of aromatic nitrogens is 8. The lowest BCUT2D eigenvalue weighted by molar-refractivity contribution is 1.12. The number of hydrogen-bond acceptors (Lipinski definition) is 4. The molecule has 12 rings (SSSR count). The number of thiazole rings is 1. The monoisotopic (exact) mass is 712 g/mol. The molecule has 0 saturated heterocycles. The molecule has 0 radical (unpaired) electrons. The molecule has 0 aliphatic heterocycles. The molecule has 54 heavy (non-hydrogen) atoms. The van der Waals surface area contributed by atoms with Crippen LogP contribution in [0.25, 0.3) is 120 Å². The molecule has 0 aliphatic rings. The van der Waals surface area contributed by atoms with E-state index in [1.807, 2.05) is 18.6 Å². The fraction of sp³-hybridized carbons (Fsp3) is 0. The number of rotatable bonds is 5. The zero-order valence-corrected chi connectivity index (χ0v) is 29.3. The van der Waals surface area contributed by atoms with E-state index in [1.165, 1.54) is 0 Å². The largest absolute Gasteiger partial charge is 0.361 e. The van der Waals surface area contributed by atoms with E-state index >= 15 is 0 Å². The molecule has 254 valence electrons. The van der Waals surface area contributed by atoms with Crippen LogP contribution >= 0.6 is 11.3 Å². The van der Waals surface area contributed by atoms with Gasteiger partial charge in [0.1, 0.15) is 10.7 Å². The van der Waals surface area contributed by atoms with Crippen LogP contribution in [0.2, 0.25) is 0 Å². The van der Waals surface area contributed by atoms with Crippen LogP contribution < -0.4 is 0 Å². The van der Waals surface area contributed by atoms with Gasteiger partial charge in [0.25, 0.3) is 0 Å². The Bertz CT molecular complexity index is 3390. The Morgan fingerprint density at radius 1 is 0.537 bits per heavy atom. The molecule has 0 fully saturated rings. The van der Waals surface area contributed by atoms with E-state index < -0.39 is 0 Å². The highest BCUT2D eigenvalue weighted by molar-refractivity contribution is 7.21. The van der Waals surface area contributed by atoms with Gasteiger partial charge in [-0.05, 0) is 82.1 Å². The molecule has 0 unspecified atom stereocenters. The number of hydrogen-bond donors (Lipinski definition) is 5. The van der Waals surface area contributed by atoms with Crippen molar-refractivity contribution in [1.29, 1.82) is 0 Å². The van der Waals surface area contributed by atoms with Crippen molar-refractivity contribution < 1.29 is 0 Å². The summed E-state index contributed by atoms with van der Waals surface area (Å²) in [5, 5.41) is 22.7. The first-order valence-electron chi connectivity index (χ1n) is 17.8. The van der Waals surface area contributed by atoms with Gasteiger partial charge in [0.15, 0.2) is 0 Å². The third-order valence-corrected chi connectivity index (χ3v) is 11.8. The van der Waals surface area contributed by atoms with Crippen LogP contribution in [0.4, 0.5) is 0 Å². The van der Waals surface area contributed by atoms with Crippen LogP contribution in [0.1, 0.15) is 0 Å². The van der Waals surface area contributed by atoms with Gasteiger partial charge in [-0.15, -0.1) is 11.3 Å². The molecule has 0 saturated carbocycles. The normalized spacial score (nSPS) is 12.1. The SMILES string of the molecule is c1ccc2sc(-c3c(-c4c[nH]c5ccccc45)c(-c4ccc5[nH]ccc5c4)c(-c4ccc5cc[nH]c5c4)c4c(-c5ccc6cn[nH]c6c5)n[nH]c34)nc2c1. The number of nitrogens with zero attached hydrogens (tertiary/aromatic N) is 3. The predicted octanol–water partition coefficient (Wildman–Crippen LogP) is 11.8. The van der Waals surface area contributed by atoms with E-state index in [2.05, 4.69) is 152 Å². The Morgan fingerprint density at radius 3 is 2.30 bits per heavy atom. The minimum Gasteiger partial charge on any atom is -0.361 e. The maximum absolute atomic E-state index is 5.35. The molecule has 12 aromatic rings. The van der Waals surface area contributed by atoms with Gasteiger partial charge in [0.05, 0.1) is 27.4 Å². The Morgan fingerprint density at radius 2 is 1.33 bits per heavy atom. The zero-order valence-electron chi connectivity index (χ0n) is 28.5. The minimum absolute atomic E-state index is 0.861. The first kappa shape index (κ1) is 29.4. The van der Waals surface area contributed by atoms with Crippen LogP contribution in [0, 0.1) is 0 Å². The molecule has 6 aromatic carbocycles. The van der Waals surface area contributed by atoms with E-state index in [4.69, 9.17) is 10.1 Å². The van der Waals surface area contributed by atoms with E-state index in [-0.39, 0.29) is 0 Å². The van der Waals surface area contributed by atoms with Gasteiger partial charge in [-0.2, -0.15) is 10.2 Å². The summed E-state index contributed by atoms with van der Waals surface area (Å²) in [6.45, 7) is 0. The molecule has 6 aromatic heterocycles. The fourth-order valence-electron chi connectivity index (χ4n) is 8.29. The van der Waals surface area contributed by atoms with Crippen LogP contribution in [0.5, 0.6) is 0 Å². The molecule has 0 bridgehead atoms. The van der Waals surface area contributed by atoms with Gasteiger partial charge in [0.2, 0.25) is 0 Å². The predicted molar refractivity (Wildman–Crippen MR) is 222 cm³/mol. The quantitative estimate of drug-likeness (QED) is 0.122. The number of nitrogens with one attached hydrogen (secondary N) is 5.